The highest BCUT2D eigenvalue weighted by atomic mass is 79.9. The fraction of sp³-hybridized carbons (Fsp3) is 0.636. The van der Waals surface area contributed by atoms with Gasteiger partial charge in [-0.2, -0.15) is 18.3 Å². The molecule has 1 fully saturated rings. The van der Waals surface area contributed by atoms with Crippen LogP contribution in [0.2, 0.25) is 0 Å². The summed E-state index contributed by atoms with van der Waals surface area (Å²) < 4.78 is 38.9. The van der Waals surface area contributed by atoms with Crippen molar-refractivity contribution in [2.45, 2.75) is 18.6 Å². The van der Waals surface area contributed by atoms with E-state index in [1.165, 1.54) is 15.8 Å². The maximum atomic E-state index is 12.3. The molecule has 0 saturated carbocycles. The third kappa shape index (κ3) is 3.72. The second kappa shape index (κ2) is 5.72. The van der Waals surface area contributed by atoms with Gasteiger partial charge in [-0.3, -0.25) is 14.4 Å². The molecule has 0 unspecified atom stereocenters. The number of nitrogens with zero attached hydrogens (tertiary/aromatic N) is 3. The average molecular weight is 355 g/mol. The third-order valence-corrected chi connectivity index (χ3v) is 4.06. The largest absolute Gasteiger partial charge is 0.401 e. The molecule has 1 atom stereocenters. The minimum atomic E-state index is -4.20. The standard InChI is InChI=1S/C11H14BrF3N4O/c1-18-9(12)8(4-16-18)10(20)17-7-2-3-19(5-7)6-11(13,14)15/h4,7H,2-3,5-6H2,1H3,(H,17,20)/t7-/m0/s1. The smallest absolute Gasteiger partial charge is 0.348 e. The average Bonchev–Trinajstić information content (AvgIpc) is 2.86. The highest BCUT2D eigenvalue weighted by molar-refractivity contribution is 9.10. The van der Waals surface area contributed by atoms with Gasteiger partial charge >= 0.3 is 6.18 Å². The molecule has 0 aromatic carbocycles. The van der Waals surface area contributed by atoms with Crippen molar-refractivity contribution in [2.24, 2.45) is 7.05 Å². The summed E-state index contributed by atoms with van der Waals surface area (Å²) in [4.78, 5) is 13.3. The summed E-state index contributed by atoms with van der Waals surface area (Å²) in [5.74, 6) is -0.330. The first-order chi connectivity index (χ1) is 9.26. The van der Waals surface area contributed by atoms with Crippen LogP contribution in [0.15, 0.2) is 10.8 Å². The van der Waals surface area contributed by atoms with E-state index in [0.717, 1.165) is 0 Å². The normalized spacial score (nSPS) is 20.4. The molecule has 1 N–H and O–H groups in total. The zero-order chi connectivity index (χ0) is 14.9. The minimum absolute atomic E-state index is 0.211. The van der Waals surface area contributed by atoms with E-state index in [1.54, 1.807) is 7.05 Å². The Balaban J connectivity index is 1.89. The van der Waals surface area contributed by atoms with Crippen molar-refractivity contribution in [1.82, 2.24) is 20.0 Å². The molecule has 9 heteroatoms. The van der Waals surface area contributed by atoms with Crippen LogP contribution >= 0.6 is 15.9 Å². The van der Waals surface area contributed by atoms with Gasteiger partial charge in [-0.25, -0.2) is 0 Å². The van der Waals surface area contributed by atoms with Crippen molar-refractivity contribution >= 4 is 21.8 Å². The predicted molar refractivity (Wildman–Crippen MR) is 69.3 cm³/mol. The summed E-state index contributed by atoms with van der Waals surface area (Å²) in [6.07, 6.45) is -2.27. The second-order valence-electron chi connectivity index (χ2n) is 4.78. The number of aryl methyl sites for hydroxylation is 1. The summed E-state index contributed by atoms with van der Waals surface area (Å²) >= 11 is 3.23. The molecule has 0 aliphatic carbocycles. The summed E-state index contributed by atoms with van der Waals surface area (Å²) in [5.41, 5.74) is 0.377. The molecule has 2 rings (SSSR count). The highest BCUT2D eigenvalue weighted by Crippen LogP contribution is 2.20. The van der Waals surface area contributed by atoms with Crippen LogP contribution in [0.5, 0.6) is 0 Å². The number of halogens is 4. The molecule has 1 saturated heterocycles. The van der Waals surface area contributed by atoms with Crippen LogP contribution in [-0.4, -0.2) is 52.4 Å². The molecule has 1 amide bonds. The van der Waals surface area contributed by atoms with E-state index in [2.05, 4.69) is 26.3 Å². The van der Waals surface area contributed by atoms with Crippen LogP contribution in [0.3, 0.4) is 0 Å². The van der Waals surface area contributed by atoms with Crippen molar-refractivity contribution in [3.63, 3.8) is 0 Å². The van der Waals surface area contributed by atoms with Gasteiger partial charge < -0.3 is 5.32 Å². The van der Waals surface area contributed by atoms with Crippen molar-refractivity contribution in [3.8, 4) is 0 Å². The lowest BCUT2D eigenvalue weighted by atomic mass is 10.2. The van der Waals surface area contributed by atoms with E-state index in [1.807, 2.05) is 0 Å². The summed E-state index contributed by atoms with van der Waals surface area (Å²) in [6.45, 7) is -0.391. The van der Waals surface area contributed by atoms with Gasteiger partial charge in [0.15, 0.2) is 0 Å². The lowest BCUT2D eigenvalue weighted by molar-refractivity contribution is -0.143. The Morgan fingerprint density at radius 2 is 2.30 bits per heavy atom. The van der Waals surface area contributed by atoms with Crippen molar-refractivity contribution in [3.05, 3.63) is 16.4 Å². The number of amides is 1. The maximum Gasteiger partial charge on any atom is 0.401 e. The van der Waals surface area contributed by atoms with Gasteiger partial charge in [0.05, 0.1) is 18.3 Å². The summed E-state index contributed by atoms with van der Waals surface area (Å²) in [5, 5.41) is 6.66. The van der Waals surface area contributed by atoms with E-state index < -0.39 is 12.7 Å². The number of rotatable bonds is 3. The molecular formula is C11H14BrF3N4O. The molecule has 2 heterocycles. The zero-order valence-electron chi connectivity index (χ0n) is 10.7. The third-order valence-electron chi connectivity index (χ3n) is 3.12. The number of hydrogen-bond acceptors (Lipinski definition) is 3. The lowest BCUT2D eigenvalue weighted by Crippen LogP contribution is -2.39. The second-order valence-corrected chi connectivity index (χ2v) is 5.53. The van der Waals surface area contributed by atoms with E-state index >= 15 is 0 Å². The van der Waals surface area contributed by atoms with Gasteiger partial charge in [0.25, 0.3) is 5.91 Å². The van der Waals surface area contributed by atoms with Crippen molar-refractivity contribution in [2.75, 3.05) is 19.6 Å². The van der Waals surface area contributed by atoms with Crippen LogP contribution in [0, 0.1) is 0 Å². The molecule has 20 heavy (non-hydrogen) atoms. The molecule has 1 aliphatic heterocycles. The monoisotopic (exact) mass is 354 g/mol. The Morgan fingerprint density at radius 3 is 2.85 bits per heavy atom. The predicted octanol–water partition coefficient (Wildman–Crippen LogP) is 1.55. The van der Waals surface area contributed by atoms with Crippen LogP contribution in [0.25, 0.3) is 0 Å². The molecule has 112 valence electrons. The first kappa shape index (κ1) is 15.3. The van der Waals surface area contributed by atoms with E-state index in [4.69, 9.17) is 0 Å². The molecule has 1 aromatic heterocycles. The maximum absolute atomic E-state index is 12.3. The molecule has 1 aromatic rings. The van der Waals surface area contributed by atoms with Crippen LogP contribution in [-0.2, 0) is 7.05 Å². The quantitative estimate of drug-likeness (QED) is 0.895. The van der Waals surface area contributed by atoms with Crippen LogP contribution in [0.4, 0.5) is 13.2 Å². The number of carbonyl (C=O) groups excluding carboxylic acids is 1. The highest BCUT2D eigenvalue weighted by Gasteiger charge is 2.34. The summed E-state index contributed by atoms with van der Waals surface area (Å²) in [7, 11) is 1.68. The summed E-state index contributed by atoms with van der Waals surface area (Å²) in [6, 6.07) is -0.267. The molecule has 0 spiro atoms. The Bertz CT molecular complexity index is 502. The topological polar surface area (TPSA) is 50.2 Å². The number of alkyl halides is 3. The van der Waals surface area contributed by atoms with Crippen molar-refractivity contribution < 1.29 is 18.0 Å². The Hall–Kier alpha value is -1.09. The molecule has 1 aliphatic rings. The number of nitrogens with one attached hydrogen (secondary N) is 1. The van der Waals surface area contributed by atoms with Gasteiger partial charge in [-0.1, -0.05) is 0 Å². The Morgan fingerprint density at radius 1 is 1.60 bits per heavy atom. The SMILES string of the molecule is Cn1ncc(C(=O)N[C@H]2CCN(CC(F)(F)F)C2)c1Br. The number of likely N-dealkylation sites (tertiary alicyclic amines) is 1. The first-order valence-corrected chi connectivity index (χ1v) is 6.83. The fourth-order valence-corrected chi connectivity index (χ4v) is 2.56. The van der Waals surface area contributed by atoms with E-state index in [9.17, 15) is 18.0 Å². The van der Waals surface area contributed by atoms with Gasteiger partial charge in [-0.15, -0.1) is 0 Å². The lowest BCUT2D eigenvalue weighted by Gasteiger charge is -2.18. The Kier molecular flexibility index (Phi) is 4.38. The van der Waals surface area contributed by atoms with Gasteiger partial charge in [0, 0.05) is 26.2 Å². The zero-order valence-corrected chi connectivity index (χ0v) is 12.3. The van der Waals surface area contributed by atoms with E-state index in [0.29, 0.717) is 23.1 Å². The fourth-order valence-electron chi connectivity index (χ4n) is 2.19. The van der Waals surface area contributed by atoms with E-state index in [-0.39, 0.29) is 18.5 Å². The minimum Gasteiger partial charge on any atom is -0.348 e. The number of carbonyl (C=O) groups is 1. The van der Waals surface area contributed by atoms with Gasteiger partial charge in [0.1, 0.15) is 4.60 Å². The van der Waals surface area contributed by atoms with Gasteiger partial charge in [0.2, 0.25) is 0 Å². The van der Waals surface area contributed by atoms with Crippen LogP contribution in [0.1, 0.15) is 16.8 Å². The molecule has 0 bridgehead atoms. The molecular weight excluding hydrogens is 341 g/mol. The number of hydrogen-bond donors (Lipinski definition) is 1. The Labute approximate surface area is 122 Å². The van der Waals surface area contributed by atoms with Crippen LogP contribution < -0.4 is 5.32 Å². The molecule has 5 nitrogen and oxygen atoms in total. The number of aromatic nitrogens is 2. The molecule has 0 radical (unpaired) electrons. The van der Waals surface area contributed by atoms with Gasteiger partial charge in [-0.05, 0) is 22.4 Å². The van der Waals surface area contributed by atoms with Crippen molar-refractivity contribution in [1.29, 1.82) is 0 Å². The first-order valence-electron chi connectivity index (χ1n) is 6.04.